The van der Waals surface area contributed by atoms with Crippen LogP contribution in [0, 0.1) is 12.7 Å². The molecule has 3 rings (SSSR count). The minimum Gasteiger partial charge on any atom is -0.311 e. The van der Waals surface area contributed by atoms with Gasteiger partial charge >= 0.3 is 0 Å². The highest BCUT2D eigenvalue weighted by atomic mass is 32.2. The molecule has 126 valence electrons. The van der Waals surface area contributed by atoms with Crippen molar-refractivity contribution in [2.45, 2.75) is 24.3 Å². The van der Waals surface area contributed by atoms with E-state index in [0.29, 0.717) is 0 Å². The van der Waals surface area contributed by atoms with Crippen molar-refractivity contribution < 1.29 is 17.6 Å². The summed E-state index contributed by atoms with van der Waals surface area (Å²) >= 11 is 0. The van der Waals surface area contributed by atoms with Crippen LogP contribution in [0.2, 0.25) is 0 Å². The van der Waals surface area contributed by atoms with Gasteiger partial charge in [0.25, 0.3) is 0 Å². The lowest BCUT2D eigenvalue weighted by atomic mass is 10.2. The Hall–Kier alpha value is -2.25. The molecule has 1 atom stereocenters. The number of carbonyl (C=O) groups excluding carboxylic acids is 1. The molecule has 0 aromatic heterocycles. The Kier molecular flexibility index (Phi) is 4.38. The second kappa shape index (κ2) is 6.33. The third kappa shape index (κ3) is 3.47. The van der Waals surface area contributed by atoms with Gasteiger partial charge < -0.3 is 4.90 Å². The second-order valence-electron chi connectivity index (χ2n) is 5.82. The Morgan fingerprint density at radius 2 is 1.71 bits per heavy atom. The maximum Gasteiger partial charge on any atom is 0.240 e. The number of nitrogens with zero attached hydrogens (tertiary/aromatic N) is 1. The fourth-order valence-corrected chi connectivity index (χ4v) is 3.89. The van der Waals surface area contributed by atoms with Gasteiger partial charge in [0, 0.05) is 24.7 Å². The molecule has 2 aromatic carbocycles. The zero-order valence-electron chi connectivity index (χ0n) is 13.1. The van der Waals surface area contributed by atoms with Crippen LogP contribution in [-0.2, 0) is 14.8 Å². The van der Waals surface area contributed by atoms with Crippen LogP contribution in [0.25, 0.3) is 0 Å². The van der Waals surface area contributed by atoms with Crippen molar-refractivity contribution in [3.63, 3.8) is 0 Å². The lowest BCUT2D eigenvalue weighted by Gasteiger charge is -2.17. The average Bonchev–Trinajstić information content (AvgIpc) is 2.88. The summed E-state index contributed by atoms with van der Waals surface area (Å²) in [5, 5.41) is 0. The van der Waals surface area contributed by atoms with E-state index in [1.54, 1.807) is 4.90 Å². The molecule has 7 heteroatoms. The standard InChI is InChI=1S/C17H17FN2O3S/c1-12-2-6-15(7-3-12)20-11-14(10-17(20)21)19-24(22,23)16-8-4-13(18)5-9-16/h2-9,14,19H,10-11H2,1H3/t14-/m1/s1. The predicted octanol–water partition coefficient (Wildman–Crippen LogP) is 2.22. The quantitative estimate of drug-likeness (QED) is 0.921. The van der Waals surface area contributed by atoms with E-state index in [9.17, 15) is 17.6 Å². The molecule has 1 amide bonds. The molecular formula is C17H17FN2O3S. The molecule has 1 aliphatic heterocycles. The smallest absolute Gasteiger partial charge is 0.240 e. The van der Waals surface area contributed by atoms with Crippen LogP contribution in [-0.4, -0.2) is 26.9 Å². The number of anilines is 1. The number of carbonyl (C=O) groups is 1. The normalized spacial score (nSPS) is 18.2. The topological polar surface area (TPSA) is 66.5 Å². The lowest BCUT2D eigenvalue weighted by Crippen LogP contribution is -2.37. The summed E-state index contributed by atoms with van der Waals surface area (Å²) in [6, 6.07) is 11.5. The van der Waals surface area contributed by atoms with Crippen molar-refractivity contribution in [2.75, 3.05) is 11.4 Å². The summed E-state index contributed by atoms with van der Waals surface area (Å²) in [7, 11) is -3.79. The van der Waals surface area contributed by atoms with Gasteiger partial charge in [-0.1, -0.05) is 17.7 Å². The predicted molar refractivity (Wildman–Crippen MR) is 88.7 cm³/mol. The van der Waals surface area contributed by atoms with Crippen LogP contribution in [0.4, 0.5) is 10.1 Å². The first-order valence-electron chi connectivity index (χ1n) is 7.50. The molecule has 1 fully saturated rings. The third-order valence-corrected chi connectivity index (χ3v) is 5.45. The van der Waals surface area contributed by atoms with Gasteiger partial charge in [-0.25, -0.2) is 17.5 Å². The number of rotatable bonds is 4. The summed E-state index contributed by atoms with van der Waals surface area (Å²) in [5.41, 5.74) is 1.83. The van der Waals surface area contributed by atoms with Crippen molar-refractivity contribution in [1.82, 2.24) is 4.72 Å². The maximum absolute atomic E-state index is 12.9. The van der Waals surface area contributed by atoms with E-state index in [-0.39, 0.29) is 23.8 Å². The molecule has 1 N–H and O–H groups in total. The van der Waals surface area contributed by atoms with E-state index in [1.807, 2.05) is 31.2 Å². The monoisotopic (exact) mass is 348 g/mol. The Morgan fingerprint density at radius 3 is 2.33 bits per heavy atom. The third-order valence-electron chi connectivity index (χ3n) is 3.92. The van der Waals surface area contributed by atoms with Crippen LogP contribution < -0.4 is 9.62 Å². The number of nitrogens with one attached hydrogen (secondary N) is 1. The molecule has 2 aromatic rings. The number of aryl methyl sites for hydroxylation is 1. The minimum atomic E-state index is -3.79. The number of hydrogen-bond acceptors (Lipinski definition) is 3. The van der Waals surface area contributed by atoms with E-state index >= 15 is 0 Å². The molecular weight excluding hydrogens is 331 g/mol. The highest BCUT2D eigenvalue weighted by Crippen LogP contribution is 2.23. The molecule has 0 aliphatic carbocycles. The highest BCUT2D eigenvalue weighted by molar-refractivity contribution is 7.89. The van der Waals surface area contributed by atoms with Crippen molar-refractivity contribution in [1.29, 1.82) is 0 Å². The van der Waals surface area contributed by atoms with Crippen molar-refractivity contribution in [2.24, 2.45) is 0 Å². The SMILES string of the molecule is Cc1ccc(N2C[C@H](NS(=O)(=O)c3ccc(F)cc3)CC2=O)cc1. The fourth-order valence-electron chi connectivity index (χ4n) is 2.66. The van der Waals surface area contributed by atoms with E-state index < -0.39 is 21.9 Å². The number of benzene rings is 2. The van der Waals surface area contributed by atoms with Gasteiger partial charge in [-0.15, -0.1) is 0 Å². The Morgan fingerprint density at radius 1 is 1.08 bits per heavy atom. The molecule has 0 saturated carbocycles. The van der Waals surface area contributed by atoms with Gasteiger partial charge in [-0.3, -0.25) is 4.79 Å². The van der Waals surface area contributed by atoms with Crippen LogP contribution in [0.1, 0.15) is 12.0 Å². The van der Waals surface area contributed by atoms with E-state index in [4.69, 9.17) is 0 Å². The van der Waals surface area contributed by atoms with Gasteiger partial charge in [0.2, 0.25) is 15.9 Å². The summed E-state index contributed by atoms with van der Waals surface area (Å²) in [6.07, 6.45) is 0.0916. The van der Waals surface area contributed by atoms with Gasteiger partial charge in [0.05, 0.1) is 4.90 Å². The molecule has 1 aliphatic rings. The van der Waals surface area contributed by atoms with Gasteiger partial charge in [-0.05, 0) is 43.3 Å². The summed E-state index contributed by atoms with van der Waals surface area (Å²) in [4.78, 5) is 13.7. The molecule has 0 radical (unpaired) electrons. The molecule has 0 spiro atoms. The van der Waals surface area contributed by atoms with E-state index in [1.165, 1.54) is 12.1 Å². The van der Waals surface area contributed by atoms with Gasteiger partial charge in [-0.2, -0.15) is 0 Å². The molecule has 0 bridgehead atoms. The number of hydrogen-bond donors (Lipinski definition) is 1. The lowest BCUT2D eigenvalue weighted by molar-refractivity contribution is -0.117. The van der Waals surface area contributed by atoms with E-state index in [2.05, 4.69) is 4.72 Å². The van der Waals surface area contributed by atoms with Crippen molar-refractivity contribution in [3.05, 3.63) is 59.9 Å². The number of amides is 1. The zero-order valence-corrected chi connectivity index (χ0v) is 13.9. The van der Waals surface area contributed by atoms with Crippen LogP contribution in [0.3, 0.4) is 0 Å². The second-order valence-corrected chi connectivity index (χ2v) is 7.53. The largest absolute Gasteiger partial charge is 0.311 e. The van der Waals surface area contributed by atoms with E-state index in [0.717, 1.165) is 23.4 Å². The first-order valence-corrected chi connectivity index (χ1v) is 8.98. The first kappa shape index (κ1) is 16.6. The molecule has 24 heavy (non-hydrogen) atoms. The summed E-state index contributed by atoms with van der Waals surface area (Å²) in [5.74, 6) is -0.638. The molecule has 1 saturated heterocycles. The zero-order chi connectivity index (χ0) is 17.3. The van der Waals surface area contributed by atoms with Crippen LogP contribution in [0.15, 0.2) is 53.4 Å². The minimum absolute atomic E-state index is 0.0230. The Balaban J connectivity index is 1.74. The maximum atomic E-state index is 12.9. The Labute approximate surface area is 140 Å². The van der Waals surface area contributed by atoms with Gasteiger partial charge in [0.15, 0.2) is 0 Å². The summed E-state index contributed by atoms with van der Waals surface area (Å²) < 4.78 is 40.1. The summed E-state index contributed by atoms with van der Waals surface area (Å²) in [6.45, 7) is 2.22. The van der Waals surface area contributed by atoms with Gasteiger partial charge in [0.1, 0.15) is 5.82 Å². The average molecular weight is 348 g/mol. The van der Waals surface area contributed by atoms with Crippen molar-refractivity contribution in [3.8, 4) is 0 Å². The molecule has 1 heterocycles. The molecule has 0 unspecified atom stereocenters. The molecule has 5 nitrogen and oxygen atoms in total. The van der Waals surface area contributed by atoms with Crippen LogP contribution >= 0.6 is 0 Å². The Bertz CT molecular complexity index is 848. The highest BCUT2D eigenvalue weighted by Gasteiger charge is 2.33. The first-order chi connectivity index (χ1) is 11.3. The number of halogens is 1. The van der Waals surface area contributed by atoms with Crippen LogP contribution in [0.5, 0.6) is 0 Å². The fraction of sp³-hybridized carbons (Fsp3) is 0.235. The van der Waals surface area contributed by atoms with Crippen molar-refractivity contribution >= 4 is 21.6 Å². The number of sulfonamides is 1.